The van der Waals surface area contributed by atoms with Gasteiger partial charge in [0.2, 0.25) is 5.91 Å². The van der Waals surface area contributed by atoms with Crippen LogP contribution in [-0.4, -0.2) is 36.3 Å². The van der Waals surface area contributed by atoms with Crippen molar-refractivity contribution in [2.75, 3.05) is 13.6 Å². The quantitative estimate of drug-likeness (QED) is 0.856. The number of likely N-dealkylation sites (tertiary alicyclic amines) is 1. The minimum absolute atomic E-state index is 0.0216. The number of nitrogens with one attached hydrogen (secondary N) is 1. The molecule has 1 aromatic rings. The van der Waals surface area contributed by atoms with Crippen molar-refractivity contribution >= 4 is 11.8 Å². The van der Waals surface area contributed by atoms with Gasteiger partial charge in [-0.1, -0.05) is 12.1 Å². The molecule has 1 aromatic carbocycles. The van der Waals surface area contributed by atoms with Crippen LogP contribution in [0.4, 0.5) is 4.39 Å². The fourth-order valence-electron chi connectivity index (χ4n) is 2.24. The monoisotopic (exact) mass is 250 g/mol. The highest BCUT2D eigenvalue weighted by Gasteiger charge is 2.34. The number of carbonyl (C=O) groups is 2. The minimum Gasteiger partial charge on any atom is -0.357 e. The van der Waals surface area contributed by atoms with E-state index < -0.39 is 17.8 Å². The second-order valence-corrected chi connectivity index (χ2v) is 4.25. The molecule has 96 valence electrons. The van der Waals surface area contributed by atoms with Gasteiger partial charge < -0.3 is 10.2 Å². The van der Waals surface area contributed by atoms with Crippen molar-refractivity contribution < 1.29 is 14.0 Å². The van der Waals surface area contributed by atoms with Gasteiger partial charge in [0.1, 0.15) is 11.9 Å². The van der Waals surface area contributed by atoms with Gasteiger partial charge in [-0.3, -0.25) is 9.59 Å². The zero-order valence-corrected chi connectivity index (χ0v) is 10.1. The van der Waals surface area contributed by atoms with Gasteiger partial charge in [0.25, 0.3) is 5.91 Å². The van der Waals surface area contributed by atoms with Crippen LogP contribution in [0, 0.1) is 5.82 Å². The van der Waals surface area contributed by atoms with Crippen LogP contribution in [0.5, 0.6) is 0 Å². The average Bonchev–Trinajstić information content (AvgIpc) is 2.86. The van der Waals surface area contributed by atoms with E-state index in [1.165, 1.54) is 30.1 Å². The first-order valence-corrected chi connectivity index (χ1v) is 5.92. The molecular weight excluding hydrogens is 235 g/mol. The molecule has 0 spiro atoms. The molecule has 0 bridgehead atoms. The van der Waals surface area contributed by atoms with E-state index in [1.54, 1.807) is 6.07 Å². The smallest absolute Gasteiger partial charge is 0.257 e. The maximum absolute atomic E-state index is 13.6. The normalized spacial score (nSPS) is 18.8. The molecule has 1 N–H and O–H groups in total. The predicted molar refractivity (Wildman–Crippen MR) is 64.5 cm³/mol. The van der Waals surface area contributed by atoms with Crippen LogP contribution >= 0.6 is 0 Å². The highest BCUT2D eigenvalue weighted by molar-refractivity contribution is 5.98. The Kier molecular flexibility index (Phi) is 3.60. The molecule has 0 aromatic heterocycles. The van der Waals surface area contributed by atoms with Crippen LogP contribution in [0.1, 0.15) is 23.2 Å². The Morgan fingerprint density at radius 2 is 2.11 bits per heavy atom. The van der Waals surface area contributed by atoms with Crippen molar-refractivity contribution in [3.63, 3.8) is 0 Å². The Bertz CT molecular complexity index is 476. The molecule has 5 heteroatoms. The maximum atomic E-state index is 13.6. The molecular formula is C13H15FN2O2. The average molecular weight is 250 g/mol. The standard InChI is InChI=1S/C13H15FN2O2/c1-15-12(17)11-7-4-8-16(11)13(18)9-5-2-3-6-10(9)14/h2-3,5-6,11H,4,7-8H2,1H3,(H,15,17). The van der Waals surface area contributed by atoms with Crippen molar-refractivity contribution in [1.82, 2.24) is 10.2 Å². The third-order valence-electron chi connectivity index (χ3n) is 3.17. The third-order valence-corrected chi connectivity index (χ3v) is 3.17. The number of halogens is 1. The lowest BCUT2D eigenvalue weighted by Crippen LogP contribution is -2.45. The van der Waals surface area contributed by atoms with Gasteiger partial charge in [0, 0.05) is 13.6 Å². The molecule has 1 fully saturated rings. The number of amides is 2. The predicted octanol–water partition coefficient (Wildman–Crippen LogP) is 1.18. The summed E-state index contributed by atoms with van der Waals surface area (Å²) in [7, 11) is 1.53. The van der Waals surface area contributed by atoms with Crippen molar-refractivity contribution in [2.45, 2.75) is 18.9 Å². The molecule has 1 unspecified atom stereocenters. The van der Waals surface area contributed by atoms with E-state index in [4.69, 9.17) is 0 Å². The maximum Gasteiger partial charge on any atom is 0.257 e. The lowest BCUT2D eigenvalue weighted by atomic mass is 10.1. The SMILES string of the molecule is CNC(=O)C1CCCN1C(=O)c1ccccc1F. The van der Waals surface area contributed by atoms with E-state index in [0.29, 0.717) is 13.0 Å². The van der Waals surface area contributed by atoms with E-state index >= 15 is 0 Å². The van der Waals surface area contributed by atoms with Gasteiger partial charge in [-0.05, 0) is 25.0 Å². The second-order valence-electron chi connectivity index (χ2n) is 4.25. The number of likely N-dealkylation sites (N-methyl/N-ethyl adjacent to an activating group) is 1. The first kappa shape index (κ1) is 12.5. The number of benzene rings is 1. The summed E-state index contributed by atoms with van der Waals surface area (Å²) >= 11 is 0. The lowest BCUT2D eigenvalue weighted by molar-refractivity contribution is -0.124. The fraction of sp³-hybridized carbons (Fsp3) is 0.385. The van der Waals surface area contributed by atoms with Crippen molar-refractivity contribution in [3.8, 4) is 0 Å². The van der Waals surface area contributed by atoms with Crippen LogP contribution in [-0.2, 0) is 4.79 Å². The van der Waals surface area contributed by atoms with Crippen LogP contribution in [0.2, 0.25) is 0 Å². The van der Waals surface area contributed by atoms with Gasteiger partial charge in [0.15, 0.2) is 0 Å². The van der Waals surface area contributed by atoms with Crippen LogP contribution in [0.25, 0.3) is 0 Å². The fourth-order valence-corrected chi connectivity index (χ4v) is 2.24. The second kappa shape index (κ2) is 5.16. The highest BCUT2D eigenvalue weighted by Crippen LogP contribution is 2.21. The molecule has 0 aliphatic carbocycles. The Hall–Kier alpha value is -1.91. The van der Waals surface area contributed by atoms with E-state index in [9.17, 15) is 14.0 Å². The van der Waals surface area contributed by atoms with Crippen molar-refractivity contribution in [2.24, 2.45) is 0 Å². The first-order valence-electron chi connectivity index (χ1n) is 5.92. The number of nitrogens with zero attached hydrogens (tertiary/aromatic N) is 1. The Morgan fingerprint density at radius 3 is 2.78 bits per heavy atom. The molecule has 4 nitrogen and oxygen atoms in total. The summed E-state index contributed by atoms with van der Waals surface area (Å²) in [4.78, 5) is 25.3. The zero-order valence-electron chi connectivity index (χ0n) is 10.1. The molecule has 1 saturated heterocycles. The van der Waals surface area contributed by atoms with Gasteiger partial charge in [-0.25, -0.2) is 4.39 Å². The van der Waals surface area contributed by atoms with Gasteiger partial charge in [-0.15, -0.1) is 0 Å². The number of rotatable bonds is 2. The third kappa shape index (κ3) is 2.20. The summed E-state index contributed by atoms with van der Waals surface area (Å²) in [6.07, 6.45) is 1.39. The van der Waals surface area contributed by atoms with Crippen LogP contribution in [0.15, 0.2) is 24.3 Å². The van der Waals surface area contributed by atoms with Gasteiger partial charge in [0.05, 0.1) is 5.56 Å². The Balaban J connectivity index is 2.23. The summed E-state index contributed by atoms with van der Waals surface area (Å²) in [5, 5.41) is 2.53. The molecule has 0 radical (unpaired) electrons. The molecule has 1 atom stereocenters. The minimum atomic E-state index is -0.551. The Labute approximate surface area is 105 Å². The zero-order chi connectivity index (χ0) is 13.1. The van der Waals surface area contributed by atoms with Gasteiger partial charge in [-0.2, -0.15) is 0 Å². The molecule has 1 aliphatic heterocycles. The molecule has 18 heavy (non-hydrogen) atoms. The molecule has 2 amide bonds. The molecule has 1 aliphatic rings. The molecule has 0 saturated carbocycles. The Morgan fingerprint density at radius 1 is 1.39 bits per heavy atom. The summed E-state index contributed by atoms with van der Waals surface area (Å²) in [5.74, 6) is -1.17. The molecule has 1 heterocycles. The summed E-state index contributed by atoms with van der Waals surface area (Å²) in [5.41, 5.74) is 0.0216. The van der Waals surface area contributed by atoms with Gasteiger partial charge >= 0.3 is 0 Å². The van der Waals surface area contributed by atoms with E-state index in [-0.39, 0.29) is 11.5 Å². The molecule has 2 rings (SSSR count). The lowest BCUT2D eigenvalue weighted by Gasteiger charge is -2.23. The number of carbonyl (C=O) groups excluding carboxylic acids is 2. The largest absolute Gasteiger partial charge is 0.357 e. The summed E-state index contributed by atoms with van der Waals surface area (Å²) in [6.45, 7) is 0.491. The van der Waals surface area contributed by atoms with Crippen molar-refractivity contribution in [1.29, 1.82) is 0 Å². The summed E-state index contributed by atoms with van der Waals surface area (Å²) < 4.78 is 13.6. The number of hydrogen-bond acceptors (Lipinski definition) is 2. The highest BCUT2D eigenvalue weighted by atomic mass is 19.1. The van der Waals surface area contributed by atoms with E-state index in [1.807, 2.05) is 0 Å². The number of hydrogen-bond donors (Lipinski definition) is 1. The van der Waals surface area contributed by atoms with E-state index in [0.717, 1.165) is 6.42 Å². The first-order chi connectivity index (χ1) is 8.65. The summed E-state index contributed by atoms with van der Waals surface area (Å²) in [6, 6.07) is 5.35. The van der Waals surface area contributed by atoms with Crippen LogP contribution in [0.3, 0.4) is 0 Å². The van der Waals surface area contributed by atoms with Crippen molar-refractivity contribution in [3.05, 3.63) is 35.6 Å². The topological polar surface area (TPSA) is 49.4 Å². The van der Waals surface area contributed by atoms with Crippen LogP contribution < -0.4 is 5.32 Å². The van der Waals surface area contributed by atoms with E-state index in [2.05, 4.69) is 5.32 Å².